The van der Waals surface area contributed by atoms with Crippen molar-refractivity contribution in [3.05, 3.63) is 29.8 Å². The molecule has 0 aliphatic heterocycles. The first-order valence-corrected chi connectivity index (χ1v) is 6.58. The number of hydrogen-bond donors (Lipinski definition) is 1. The molecule has 2 heteroatoms. The average Bonchev–Trinajstić information content (AvgIpc) is 3.08. The summed E-state index contributed by atoms with van der Waals surface area (Å²) in [6.07, 6.45) is 2.68. The summed E-state index contributed by atoms with van der Waals surface area (Å²) < 4.78 is 5.50. The van der Waals surface area contributed by atoms with E-state index in [1.54, 1.807) is 0 Å². The number of hydrogen-bond acceptors (Lipinski definition) is 2. The first kappa shape index (κ1) is 12.4. The van der Waals surface area contributed by atoms with Gasteiger partial charge in [-0.25, -0.2) is 0 Å². The standard InChI is InChI=1S/C15H23NO/c1-4-17-11-13-7-5-6-8-14(13)16-12(2)15(3)9-10-15/h5-8,12,16H,4,9-11H2,1-3H3. The summed E-state index contributed by atoms with van der Waals surface area (Å²) in [4.78, 5) is 0. The molecule has 1 aromatic rings. The smallest absolute Gasteiger partial charge is 0.0736 e. The molecule has 0 bridgehead atoms. The third-order valence-electron chi connectivity index (χ3n) is 3.94. The number of anilines is 1. The van der Waals surface area contributed by atoms with E-state index in [9.17, 15) is 0 Å². The highest BCUT2D eigenvalue weighted by atomic mass is 16.5. The summed E-state index contributed by atoms with van der Waals surface area (Å²) >= 11 is 0. The van der Waals surface area contributed by atoms with E-state index in [0.29, 0.717) is 18.1 Å². The highest BCUT2D eigenvalue weighted by Gasteiger charge is 2.42. The van der Waals surface area contributed by atoms with Crippen molar-refractivity contribution in [1.82, 2.24) is 0 Å². The van der Waals surface area contributed by atoms with Crippen LogP contribution in [-0.2, 0) is 11.3 Å². The Labute approximate surface area is 104 Å². The number of rotatable bonds is 6. The minimum Gasteiger partial charge on any atom is -0.382 e. The molecule has 1 atom stereocenters. The summed E-state index contributed by atoms with van der Waals surface area (Å²) in [5, 5.41) is 3.64. The van der Waals surface area contributed by atoms with Crippen LogP contribution in [0.4, 0.5) is 5.69 Å². The molecule has 2 nitrogen and oxygen atoms in total. The number of nitrogens with one attached hydrogen (secondary N) is 1. The maximum absolute atomic E-state index is 5.50. The highest BCUT2D eigenvalue weighted by molar-refractivity contribution is 5.51. The molecule has 2 rings (SSSR count). The van der Waals surface area contributed by atoms with Crippen molar-refractivity contribution < 1.29 is 4.74 Å². The van der Waals surface area contributed by atoms with Gasteiger partial charge < -0.3 is 10.1 Å². The van der Waals surface area contributed by atoms with E-state index in [0.717, 1.165) is 6.61 Å². The van der Waals surface area contributed by atoms with E-state index in [-0.39, 0.29) is 0 Å². The van der Waals surface area contributed by atoms with Crippen LogP contribution < -0.4 is 5.32 Å². The largest absolute Gasteiger partial charge is 0.382 e. The van der Waals surface area contributed by atoms with Gasteiger partial charge in [0.15, 0.2) is 0 Å². The SMILES string of the molecule is CCOCc1ccccc1NC(C)C1(C)CC1. The predicted octanol–water partition coefficient (Wildman–Crippen LogP) is 3.82. The normalized spacial score (nSPS) is 18.8. The van der Waals surface area contributed by atoms with Gasteiger partial charge in [-0.15, -0.1) is 0 Å². The maximum atomic E-state index is 5.50. The van der Waals surface area contributed by atoms with Crippen molar-refractivity contribution in [3.8, 4) is 0 Å². The third kappa shape index (κ3) is 3.01. The number of para-hydroxylation sites is 1. The Hall–Kier alpha value is -1.02. The molecule has 17 heavy (non-hydrogen) atoms. The Morgan fingerprint density at radius 3 is 2.71 bits per heavy atom. The van der Waals surface area contributed by atoms with E-state index in [4.69, 9.17) is 4.74 Å². The summed E-state index contributed by atoms with van der Waals surface area (Å²) in [5.41, 5.74) is 2.98. The first-order valence-electron chi connectivity index (χ1n) is 6.58. The third-order valence-corrected chi connectivity index (χ3v) is 3.94. The number of benzene rings is 1. The Balaban J connectivity index is 2.03. The van der Waals surface area contributed by atoms with E-state index >= 15 is 0 Å². The quantitative estimate of drug-likeness (QED) is 0.806. The van der Waals surface area contributed by atoms with Crippen LogP contribution in [0.1, 0.15) is 39.2 Å². The molecule has 0 heterocycles. The van der Waals surface area contributed by atoms with Crippen LogP contribution in [-0.4, -0.2) is 12.6 Å². The molecular formula is C15H23NO. The zero-order valence-electron chi connectivity index (χ0n) is 11.1. The molecule has 0 saturated heterocycles. The molecule has 1 aliphatic rings. The van der Waals surface area contributed by atoms with Gasteiger partial charge in [-0.3, -0.25) is 0 Å². The van der Waals surface area contributed by atoms with Crippen LogP contribution in [0.5, 0.6) is 0 Å². The first-order chi connectivity index (χ1) is 8.15. The topological polar surface area (TPSA) is 21.3 Å². The van der Waals surface area contributed by atoms with Gasteiger partial charge in [-0.05, 0) is 38.2 Å². The zero-order valence-corrected chi connectivity index (χ0v) is 11.1. The van der Waals surface area contributed by atoms with Gasteiger partial charge in [-0.2, -0.15) is 0 Å². The fourth-order valence-electron chi connectivity index (χ4n) is 2.04. The average molecular weight is 233 g/mol. The summed E-state index contributed by atoms with van der Waals surface area (Å²) in [5.74, 6) is 0. The predicted molar refractivity (Wildman–Crippen MR) is 72.2 cm³/mol. The second kappa shape index (κ2) is 5.09. The second-order valence-electron chi connectivity index (χ2n) is 5.31. The van der Waals surface area contributed by atoms with E-state index in [2.05, 4.69) is 43.4 Å². The van der Waals surface area contributed by atoms with Gasteiger partial charge in [-0.1, -0.05) is 25.1 Å². The highest BCUT2D eigenvalue weighted by Crippen LogP contribution is 2.48. The van der Waals surface area contributed by atoms with Crippen molar-refractivity contribution >= 4 is 5.69 Å². The monoisotopic (exact) mass is 233 g/mol. The van der Waals surface area contributed by atoms with E-state index in [1.165, 1.54) is 24.1 Å². The lowest BCUT2D eigenvalue weighted by molar-refractivity contribution is 0.134. The van der Waals surface area contributed by atoms with Crippen molar-refractivity contribution in [2.45, 2.75) is 46.3 Å². The molecule has 1 fully saturated rings. The summed E-state index contributed by atoms with van der Waals surface area (Å²) in [6, 6.07) is 8.98. The van der Waals surface area contributed by atoms with Gasteiger partial charge in [0.25, 0.3) is 0 Å². The molecule has 1 unspecified atom stereocenters. The van der Waals surface area contributed by atoms with Crippen LogP contribution in [0.2, 0.25) is 0 Å². The molecule has 0 radical (unpaired) electrons. The molecule has 1 N–H and O–H groups in total. The number of ether oxygens (including phenoxy) is 1. The molecular weight excluding hydrogens is 210 g/mol. The van der Waals surface area contributed by atoms with Crippen molar-refractivity contribution in [1.29, 1.82) is 0 Å². The van der Waals surface area contributed by atoms with Crippen LogP contribution >= 0.6 is 0 Å². The van der Waals surface area contributed by atoms with Crippen LogP contribution in [0.25, 0.3) is 0 Å². The van der Waals surface area contributed by atoms with Gasteiger partial charge >= 0.3 is 0 Å². The Morgan fingerprint density at radius 2 is 2.06 bits per heavy atom. The molecule has 94 valence electrons. The molecule has 1 aliphatic carbocycles. The minimum atomic E-state index is 0.499. The molecule has 0 aromatic heterocycles. The van der Waals surface area contributed by atoms with Gasteiger partial charge in [0.1, 0.15) is 0 Å². The van der Waals surface area contributed by atoms with Gasteiger partial charge in [0, 0.05) is 23.9 Å². The van der Waals surface area contributed by atoms with E-state index < -0.39 is 0 Å². The Bertz CT molecular complexity index is 371. The minimum absolute atomic E-state index is 0.499. The lowest BCUT2D eigenvalue weighted by atomic mass is 10.00. The summed E-state index contributed by atoms with van der Waals surface area (Å²) in [6.45, 7) is 8.13. The summed E-state index contributed by atoms with van der Waals surface area (Å²) in [7, 11) is 0. The fraction of sp³-hybridized carbons (Fsp3) is 0.600. The van der Waals surface area contributed by atoms with Crippen molar-refractivity contribution in [2.75, 3.05) is 11.9 Å². The van der Waals surface area contributed by atoms with Gasteiger partial charge in [0.2, 0.25) is 0 Å². The molecule has 1 saturated carbocycles. The zero-order chi connectivity index (χ0) is 12.3. The maximum Gasteiger partial charge on any atom is 0.0736 e. The Morgan fingerprint density at radius 1 is 1.35 bits per heavy atom. The second-order valence-corrected chi connectivity index (χ2v) is 5.31. The lowest BCUT2D eigenvalue weighted by Crippen LogP contribution is -2.25. The molecule has 0 amide bonds. The van der Waals surface area contributed by atoms with Crippen LogP contribution in [0.15, 0.2) is 24.3 Å². The van der Waals surface area contributed by atoms with Crippen LogP contribution in [0, 0.1) is 5.41 Å². The lowest BCUT2D eigenvalue weighted by Gasteiger charge is -2.23. The van der Waals surface area contributed by atoms with Gasteiger partial charge in [0.05, 0.1) is 6.61 Å². The Kier molecular flexibility index (Phi) is 3.72. The fourth-order valence-corrected chi connectivity index (χ4v) is 2.04. The molecule has 0 spiro atoms. The van der Waals surface area contributed by atoms with E-state index in [1.807, 2.05) is 6.92 Å². The van der Waals surface area contributed by atoms with Crippen LogP contribution in [0.3, 0.4) is 0 Å². The molecule has 1 aromatic carbocycles. The van der Waals surface area contributed by atoms with Crippen molar-refractivity contribution in [2.24, 2.45) is 5.41 Å². The van der Waals surface area contributed by atoms with Crippen molar-refractivity contribution in [3.63, 3.8) is 0 Å².